The Bertz CT molecular complexity index is 605. The van der Waals surface area contributed by atoms with E-state index in [1.54, 1.807) is 6.07 Å². The third-order valence-electron chi connectivity index (χ3n) is 3.64. The number of H-pyrrole nitrogens is 1. The molecule has 2 aromatic rings. The average molecular weight is 255 g/mol. The molecule has 0 saturated carbocycles. The number of aromatic amines is 1. The van der Waals surface area contributed by atoms with Crippen molar-refractivity contribution in [1.29, 1.82) is 5.26 Å². The maximum absolute atomic E-state index is 8.88. The van der Waals surface area contributed by atoms with Gasteiger partial charge in [0.15, 0.2) is 0 Å². The Kier molecular flexibility index (Phi) is 3.47. The summed E-state index contributed by atoms with van der Waals surface area (Å²) in [5, 5.41) is 8.88. The second-order valence-electron chi connectivity index (χ2n) is 5.05. The van der Waals surface area contributed by atoms with Gasteiger partial charge in [-0.25, -0.2) is 4.98 Å². The molecule has 1 aromatic heterocycles. The molecule has 0 amide bonds. The van der Waals surface area contributed by atoms with E-state index in [1.165, 1.54) is 19.3 Å². The highest BCUT2D eigenvalue weighted by Crippen LogP contribution is 2.19. The smallest absolute Gasteiger partial charge is 0.107 e. The van der Waals surface area contributed by atoms with E-state index in [-0.39, 0.29) is 0 Å². The fraction of sp³-hybridized carbons (Fsp3) is 0.467. The lowest BCUT2D eigenvalue weighted by molar-refractivity contribution is 0.0112. The van der Waals surface area contributed by atoms with Crippen LogP contribution >= 0.6 is 0 Å². The zero-order valence-electron chi connectivity index (χ0n) is 10.9. The maximum atomic E-state index is 8.88. The highest BCUT2D eigenvalue weighted by atomic mass is 16.5. The molecule has 4 nitrogen and oxygen atoms in total. The average Bonchev–Trinajstić information content (AvgIpc) is 2.88. The maximum Gasteiger partial charge on any atom is 0.107 e. The van der Waals surface area contributed by atoms with Gasteiger partial charge in [0.2, 0.25) is 0 Å². The van der Waals surface area contributed by atoms with Crippen molar-refractivity contribution in [2.24, 2.45) is 0 Å². The molecule has 4 heteroatoms. The summed E-state index contributed by atoms with van der Waals surface area (Å²) in [6.45, 7) is 0.899. The molecule has 2 heterocycles. The lowest BCUT2D eigenvalue weighted by Crippen LogP contribution is -2.19. The molecule has 1 saturated heterocycles. The minimum atomic E-state index is 0.386. The number of nitriles is 1. The molecule has 0 aliphatic carbocycles. The molecule has 0 radical (unpaired) electrons. The third kappa shape index (κ3) is 2.77. The molecular formula is C15H17N3O. The molecule has 1 atom stereocenters. The Morgan fingerprint density at radius 3 is 3.16 bits per heavy atom. The Balaban J connectivity index is 1.69. The van der Waals surface area contributed by atoms with Crippen LogP contribution < -0.4 is 0 Å². The molecule has 98 valence electrons. The van der Waals surface area contributed by atoms with Crippen LogP contribution in [-0.4, -0.2) is 22.7 Å². The molecule has 1 aliphatic heterocycles. The molecule has 0 bridgehead atoms. The molecule has 1 aliphatic rings. The molecule has 19 heavy (non-hydrogen) atoms. The van der Waals surface area contributed by atoms with E-state index < -0.39 is 0 Å². The molecule has 1 fully saturated rings. The minimum Gasteiger partial charge on any atom is -0.378 e. The number of nitrogens with zero attached hydrogens (tertiary/aromatic N) is 2. The second kappa shape index (κ2) is 5.41. The first-order valence-corrected chi connectivity index (χ1v) is 6.85. The predicted molar refractivity (Wildman–Crippen MR) is 72.7 cm³/mol. The van der Waals surface area contributed by atoms with E-state index in [4.69, 9.17) is 10.00 Å². The van der Waals surface area contributed by atoms with Crippen LogP contribution in [0, 0.1) is 11.3 Å². The lowest BCUT2D eigenvalue weighted by atomic mass is 10.0. The fourth-order valence-electron chi connectivity index (χ4n) is 2.58. The number of nitrogens with one attached hydrogen (secondary N) is 1. The summed E-state index contributed by atoms with van der Waals surface area (Å²) in [6, 6.07) is 7.69. The first-order valence-electron chi connectivity index (χ1n) is 6.85. The summed E-state index contributed by atoms with van der Waals surface area (Å²) in [5.74, 6) is 0.985. The summed E-state index contributed by atoms with van der Waals surface area (Å²) in [6.07, 6.45) is 5.94. The SMILES string of the molecule is N#Cc1ccc2nc(CCC3CCCCO3)[nH]c2c1. The van der Waals surface area contributed by atoms with Gasteiger partial charge in [-0.1, -0.05) is 0 Å². The summed E-state index contributed by atoms with van der Waals surface area (Å²) >= 11 is 0. The Morgan fingerprint density at radius 1 is 1.42 bits per heavy atom. The molecule has 1 unspecified atom stereocenters. The number of rotatable bonds is 3. The Hall–Kier alpha value is -1.86. The van der Waals surface area contributed by atoms with Gasteiger partial charge in [-0.15, -0.1) is 0 Å². The number of fused-ring (bicyclic) bond motifs is 1. The normalized spacial score (nSPS) is 19.4. The highest BCUT2D eigenvalue weighted by molar-refractivity contribution is 5.76. The van der Waals surface area contributed by atoms with Gasteiger partial charge in [0.25, 0.3) is 0 Å². The van der Waals surface area contributed by atoms with Crippen molar-refractivity contribution in [3.8, 4) is 6.07 Å². The monoisotopic (exact) mass is 255 g/mol. The van der Waals surface area contributed by atoms with Crippen molar-refractivity contribution >= 4 is 11.0 Å². The van der Waals surface area contributed by atoms with Crippen LogP contribution in [0.15, 0.2) is 18.2 Å². The first-order chi connectivity index (χ1) is 9.35. The number of aryl methyl sites for hydroxylation is 1. The van der Waals surface area contributed by atoms with E-state index in [0.717, 1.165) is 36.3 Å². The number of imidazole rings is 1. The fourth-order valence-corrected chi connectivity index (χ4v) is 2.58. The zero-order chi connectivity index (χ0) is 13.1. The van der Waals surface area contributed by atoms with Gasteiger partial charge in [-0.3, -0.25) is 0 Å². The van der Waals surface area contributed by atoms with Gasteiger partial charge in [-0.05, 0) is 43.9 Å². The summed E-state index contributed by atoms with van der Waals surface area (Å²) in [5.41, 5.74) is 2.54. The van der Waals surface area contributed by atoms with Gasteiger partial charge < -0.3 is 9.72 Å². The summed E-state index contributed by atoms with van der Waals surface area (Å²) in [4.78, 5) is 7.84. The topological polar surface area (TPSA) is 61.7 Å². The molecule has 1 N–H and O–H groups in total. The van der Waals surface area contributed by atoms with Gasteiger partial charge in [0.1, 0.15) is 5.82 Å². The highest BCUT2D eigenvalue weighted by Gasteiger charge is 2.14. The minimum absolute atomic E-state index is 0.386. The van der Waals surface area contributed by atoms with Crippen LogP contribution in [0.2, 0.25) is 0 Å². The van der Waals surface area contributed by atoms with Gasteiger partial charge in [-0.2, -0.15) is 5.26 Å². The third-order valence-corrected chi connectivity index (χ3v) is 3.64. The number of aromatic nitrogens is 2. The van der Waals surface area contributed by atoms with Crippen molar-refractivity contribution in [2.45, 2.75) is 38.2 Å². The molecule has 3 rings (SSSR count). The van der Waals surface area contributed by atoms with Gasteiger partial charge in [0, 0.05) is 13.0 Å². The van der Waals surface area contributed by atoms with Crippen LogP contribution in [0.3, 0.4) is 0 Å². The van der Waals surface area contributed by atoms with Crippen LogP contribution in [0.1, 0.15) is 37.1 Å². The summed E-state index contributed by atoms with van der Waals surface area (Å²) < 4.78 is 5.73. The molecule has 1 aromatic carbocycles. The van der Waals surface area contributed by atoms with Crippen LogP contribution in [0.5, 0.6) is 0 Å². The van der Waals surface area contributed by atoms with Crippen molar-refractivity contribution in [3.63, 3.8) is 0 Å². The Morgan fingerprint density at radius 2 is 2.37 bits per heavy atom. The van der Waals surface area contributed by atoms with Crippen molar-refractivity contribution in [2.75, 3.05) is 6.61 Å². The van der Waals surface area contributed by atoms with E-state index in [1.807, 2.05) is 12.1 Å². The van der Waals surface area contributed by atoms with Crippen molar-refractivity contribution in [1.82, 2.24) is 9.97 Å². The van der Waals surface area contributed by atoms with E-state index in [2.05, 4.69) is 16.0 Å². The lowest BCUT2D eigenvalue weighted by Gasteiger charge is -2.21. The number of benzene rings is 1. The number of hydrogen-bond donors (Lipinski definition) is 1. The molecule has 0 spiro atoms. The summed E-state index contributed by atoms with van der Waals surface area (Å²) in [7, 11) is 0. The van der Waals surface area contributed by atoms with Crippen molar-refractivity contribution in [3.05, 3.63) is 29.6 Å². The van der Waals surface area contributed by atoms with E-state index in [0.29, 0.717) is 11.7 Å². The number of hydrogen-bond acceptors (Lipinski definition) is 3. The van der Waals surface area contributed by atoms with E-state index >= 15 is 0 Å². The Labute approximate surface area is 112 Å². The van der Waals surface area contributed by atoms with Crippen molar-refractivity contribution < 1.29 is 4.74 Å². The van der Waals surface area contributed by atoms with Crippen LogP contribution in [0.4, 0.5) is 0 Å². The quantitative estimate of drug-likeness (QED) is 0.917. The van der Waals surface area contributed by atoms with Gasteiger partial charge in [0.05, 0.1) is 28.8 Å². The number of ether oxygens (including phenoxy) is 1. The first kappa shape index (κ1) is 12.2. The largest absolute Gasteiger partial charge is 0.378 e. The standard InChI is InChI=1S/C15H17N3O/c16-10-11-4-6-13-14(9-11)18-15(17-13)7-5-12-3-1-2-8-19-12/h4,6,9,12H,1-3,5,7-8H2,(H,17,18). The predicted octanol–water partition coefficient (Wildman–Crippen LogP) is 2.94. The van der Waals surface area contributed by atoms with E-state index in [9.17, 15) is 0 Å². The van der Waals surface area contributed by atoms with Crippen LogP contribution in [0.25, 0.3) is 11.0 Å². The van der Waals surface area contributed by atoms with Gasteiger partial charge >= 0.3 is 0 Å². The second-order valence-corrected chi connectivity index (χ2v) is 5.05. The molecular weight excluding hydrogens is 238 g/mol. The zero-order valence-corrected chi connectivity index (χ0v) is 10.9. The van der Waals surface area contributed by atoms with Crippen LogP contribution in [-0.2, 0) is 11.2 Å².